The molecular weight excluding hydrogens is 318 g/mol. The molecule has 2 atom stereocenters. The number of ether oxygens (including phenoxy) is 1. The number of aryl methyl sites for hydroxylation is 1. The Labute approximate surface area is 149 Å². The van der Waals surface area contributed by atoms with Crippen LogP contribution in [-0.4, -0.2) is 66.5 Å². The Balaban J connectivity index is 1.60. The molecule has 0 aliphatic carbocycles. The number of carbonyl (C=O) groups is 2. The quantitative estimate of drug-likeness (QED) is 0.890. The van der Waals surface area contributed by atoms with Gasteiger partial charge in [-0.1, -0.05) is 12.1 Å². The molecule has 2 fully saturated rings. The van der Waals surface area contributed by atoms with E-state index >= 15 is 0 Å². The van der Waals surface area contributed by atoms with Crippen LogP contribution in [0, 0.1) is 6.92 Å². The Morgan fingerprint density at radius 1 is 1.36 bits per heavy atom. The van der Waals surface area contributed by atoms with E-state index in [1.165, 1.54) is 0 Å². The summed E-state index contributed by atoms with van der Waals surface area (Å²) in [7, 11) is 0. The second kappa shape index (κ2) is 7.87. The fraction of sp³-hybridized carbons (Fsp3) is 0.579. The van der Waals surface area contributed by atoms with Gasteiger partial charge in [0.05, 0.1) is 6.54 Å². The van der Waals surface area contributed by atoms with Crippen LogP contribution >= 0.6 is 0 Å². The summed E-state index contributed by atoms with van der Waals surface area (Å²) in [5, 5.41) is 3.10. The fourth-order valence-electron chi connectivity index (χ4n) is 3.62. The summed E-state index contributed by atoms with van der Waals surface area (Å²) in [4.78, 5) is 28.7. The lowest BCUT2D eigenvalue weighted by Gasteiger charge is -2.41. The van der Waals surface area contributed by atoms with Gasteiger partial charge in [0.15, 0.2) is 6.10 Å². The molecule has 25 heavy (non-hydrogen) atoms. The molecule has 2 heterocycles. The third-order valence-electron chi connectivity index (χ3n) is 4.93. The van der Waals surface area contributed by atoms with Gasteiger partial charge in [-0.25, -0.2) is 0 Å². The van der Waals surface area contributed by atoms with E-state index in [0.29, 0.717) is 18.8 Å². The maximum atomic E-state index is 12.8. The van der Waals surface area contributed by atoms with E-state index in [2.05, 4.69) is 5.32 Å². The zero-order valence-electron chi connectivity index (χ0n) is 15.0. The van der Waals surface area contributed by atoms with Crippen molar-refractivity contribution in [1.82, 2.24) is 15.1 Å². The Bertz CT molecular complexity index is 634. The number of hydrogen-bond acceptors (Lipinski definition) is 4. The second-order valence-corrected chi connectivity index (χ2v) is 6.92. The SMILES string of the molecule is Cc1cccc(OC(C)C(=O)N2CCCC(N3CCNCC3=O)C2)c1. The number of likely N-dealkylation sites (tertiary alicyclic amines) is 1. The highest BCUT2D eigenvalue weighted by atomic mass is 16.5. The first-order valence-corrected chi connectivity index (χ1v) is 9.07. The molecule has 2 aliphatic rings. The van der Waals surface area contributed by atoms with Crippen LogP contribution in [0.15, 0.2) is 24.3 Å². The molecule has 0 aromatic heterocycles. The fourth-order valence-corrected chi connectivity index (χ4v) is 3.62. The predicted molar refractivity (Wildman–Crippen MR) is 95.5 cm³/mol. The number of carbonyl (C=O) groups excluding carboxylic acids is 2. The van der Waals surface area contributed by atoms with E-state index in [1.807, 2.05) is 41.0 Å². The van der Waals surface area contributed by atoms with E-state index in [0.717, 1.165) is 38.0 Å². The van der Waals surface area contributed by atoms with Crippen molar-refractivity contribution in [2.75, 3.05) is 32.7 Å². The van der Waals surface area contributed by atoms with E-state index < -0.39 is 6.10 Å². The van der Waals surface area contributed by atoms with Gasteiger partial charge in [0.2, 0.25) is 5.91 Å². The van der Waals surface area contributed by atoms with Crippen LogP contribution in [0.5, 0.6) is 5.75 Å². The summed E-state index contributed by atoms with van der Waals surface area (Å²) in [6.07, 6.45) is 1.35. The number of nitrogens with one attached hydrogen (secondary N) is 1. The topological polar surface area (TPSA) is 61.9 Å². The van der Waals surface area contributed by atoms with Gasteiger partial charge in [0.1, 0.15) is 5.75 Å². The molecule has 1 aromatic carbocycles. The van der Waals surface area contributed by atoms with Crippen molar-refractivity contribution in [2.45, 2.75) is 38.8 Å². The van der Waals surface area contributed by atoms with Crippen molar-refractivity contribution in [3.8, 4) is 5.75 Å². The highest BCUT2D eigenvalue weighted by Gasteiger charge is 2.33. The lowest BCUT2D eigenvalue weighted by molar-refractivity contribution is -0.144. The molecule has 0 saturated carbocycles. The lowest BCUT2D eigenvalue weighted by atomic mass is 10.0. The second-order valence-electron chi connectivity index (χ2n) is 6.92. The molecule has 136 valence electrons. The van der Waals surface area contributed by atoms with Crippen molar-refractivity contribution in [2.24, 2.45) is 0 Å². The summed E-state index contributed by atoms with van der Waals surface area (Å²) >= 11 is 0. The molecule has 0 spiro atoms. The number of nitrogens with zero attached hydrogens (tertiary/aromatic N) is 2. The molecule has 2 saturated heterocycles. The third kappa shape index (κ3) is 4.31. The largest absolute Gasteiger partial charge is 0.481 e. The van der Waals surface area contributed by atoms with E-state index in [9.17, 15) is 9.59 Å². The minimum atomic E-state index is -0.528. The van der Waals surface area contributed by atoms with Gasteiger partial charge >= 0.3 is 0 Å². The smallest absolute Gasteiger partial charge is 0.263 e. The average Bonchev–Trinajstić information content (AvgIpc) is 2.61. The van der Waals surface area contributed by atoms with Gasteiger partial charge < -0.3 is 19.9 Å². The first-order valence-electron chi connectivity index (χ1n) is 9.07. The lowest BCUT2D eigenvalue weighted by Crippen LogP contribution is -2.58. The summed E-state index contributed by atoms with van der Waals surface area (Å²) < 4.78 is 5.83. The molecule has 6 nitrogen and oxygen atoms in total. The maximum absolute atomic E-state index is 12.8. The van der Waals surface area contributed by atoms with Crippen LogP contribution in [0.25, 0.3) is 0 Å². The summed E-state index contributed by atoms with van der Waals surface area (Å²) in [5.41, 5.74) is 1.10. The molecule has 1 aromatic rings. The molecule has 2 aliphatic heterocycles. The first kappa shape index (κ1) is 17.7. The minimum absolute atomic E-state index is 0.00575. The summed E-state index contributed by atoms with van der Waals surface area (Å²) in [6, 6.07) is 7.85. The van der Waals surface area contributed by atoms with Gasteiger partial charge in [-0.3, -0.25) is 9.59 Å². The summed E-state index contributed by atoms with van der Waals surface area (Å²) in [5.74, 6) is 0.843. The molecule has 1 N–H and O–H groups in total. The highest BCUT2D eigenvalue weighted by molar-refractivity contribution is 5.82. The molecule has 3 rings (SSSR count). The van der Waals surface area contributed by atoms with Crippen LogP contribution in [0.2, 0.25) is 0 Å². The van der Waals surface area contributed by atoms with E-state index in [1.54, 1.807) is 6.92 Å². The van der Waals surface area contributed by atoms with Crippen molar-refractivity contribution in [3.63, 3.8) is 0 Å². The maximum Gasteiger partial charge on any atom is 0.263 e. The van der Waals surface area contributed by atoms with Gasteiger partial charge in [0.25, 0.3) is 5.91 Å². The predicted octanol–water partition coefficient (Wildman–Crippen LogP) is 1.19. The number of amides is 2. The van der Waals surface area contributed by atoms with Gasteiger partial charge in [0, 0.05) is 32.2 Å². The molecular formula is C19H27N3O3. The van der Waals surface area contributed by atoms with E-state index in [-0.39, 0.29) is 17.9 Å². The molecule has 0 radical (unpaired) electrons. The Morgan fingerprint density at radius 2 is 2.20 bits per heavy atom. The zero-order chi connectivity index (χ0) is 17.8. The molecule has 6 heteroatoms. The van der Waals surface area contributed by atoms with Crippen molar-refractivity contribution < 1.29 is 14.3 Å². The van der Waals surface area contributed by atoms with Crippen LogP contribution in [0.3, 0.4) is 0 Å². The van der Waals surface area contributed by atoms with Gasteiger partial charge in [-0.15, -0.1) is 0 Å². The Kier molecular flexibility index (Phi) is 5.58. The summed E-state index contributed by atoms with van der Waals surface area (Å²) in [6.45, 7) is 7.08. The first-order chi connectivity index (χ1) is 12.0. The highest BCUT2D eigenvalue weighted by Crippen LogP contribution is 2.20. The number of piperazine rings is 1. The van der Waals surface area contributed by atoms with Crippen LogP contribution in [-0.2, 0) is 9.59 Å². The number of piperidine rings is 1. The zero-order valence-corrected chi connectivity index (χ0v) is 15.0. The Hall–Kier alpha value is -2.08. The van der Waals surface area contributed by atoms with Crippen LogP contribution in [0.1, 0.15) is 25.3 Å². The number of hydrogen-bond donors (Lipinski definition) is 1. The molecule has 0 bridgehead atoms. The number of benzene rings is 1. The normalized spacial score (nSPS) is 22.6. The monoisotopic (exact) mass is 345 g/mol. The van der Waals surface area contributed by atoms with Crippen molar-refractivity contribution in [3.05, 3.63) is 29.8 Å². The number of rotatable bonds is 4. The van der Waals surface area contributed by atoms with E-state index in [4.69, 9.17) is 4.74 Å². The van der Waals surface area contributed by atoms with Crippen molar-refractivity contribution in [1.29, 1.82) is 0 Å². The van der Waals surface area contributed by atoms with Gasteiger partial charge in [-0.05, 0) is 44.4 Å². The van der Waals surface area contributed by atoms with Crippen molar-refractivity contribution >= 4 is 11.8 Å². The average molecular weight is 345 g/mol. The standard InChI is InChI=1S/C19H27N3O3/c1-14-5-3-7-17(11-14)25-15(2)19(24)21-9-4-6-16(13-21)22-10-8-20-12-18(22)23/h3,5,7,11,15-16,20H,4,6,8-10,12-13H2,1-2H3. The van der Waals surface area contributed by atoms with Gasteiger partial charge in [-0.2, -0.15) is 0 Å². The Morgan fingerprint density at radius 3 is 2.96 bits per heavy atom. The van der Waals surface area contributed by atoms with Crippen LogP contribution < -0.4 is 10.1 Å². The molecule has 2 amide bonds. The molecule has 2 unspecified atom stereocenters. The minimum Gasteiger partial charge on any atom is -0.481 e. The van der Waals surface area contributed by atoms with Crippen LogP contribution in [0.4, 0.5) is 0 Å². The third-order valence-corrected chi connectivity index (χ3v) is 4.93.